The standard InChI is InChI=1S/C28H30ClN5/c1-7-8-34-24-11-23(29)18(9-19(24)15(2)12-28(34,5)6)10-20-16(3)21(13-30)26-25(20)17(4)22(14-31)27(32)33-26/h9-11,15H,7-8,12H2,1-6H3,(H2,32,33)/b20-10+. The number of pyridine rings is 1. The van der Waals surface area contributed by atoms with Gasteiger partial charge in [0.15, 0.2) is 0 Å². The van der Waals surface area contributed by atoms with Gasteiger partial charge in [-0.1, -0.05) is 25.4 Å². The molecule has 1 unspecified atom stereocenters. The summed E-state index contributed by atoms with van der Waals surface area (Å²) in [6.07, 6.45) is 4.16. The summed E-state index contributed by atoms with van der Waals surface area (Å²) in [5.74, 6) is 0.544. The lowest BCUT2D eigenvalue weighted by Crippen LogP contribution is -2.48. The molecular weight excluding hydrogens is 442 g/mol. The van der Waals surface area contributed by atoms with Crippen LogP contribution in [0.2, 0.25) is 5.02 Å². The number of nitriles is 2. The van der Waals surface area contributed by atoms with Gasteiger partial charge in [-0.3, -0.25) is 0 Å². The third-order valence-electron chi connectivity index (χ3n) is 7.24. The molecule has 2 aromatic rings. The zero-order valence-corrected chi connectivity index (χ0v) is 21.4. The fraction of sp³-hybridized carbons (Fsp3) is 0.393. The molecule has 6 heteroatoms. The summed E-state index contributed by atoms with van der Waals surface area (Å²) < 4.78 is 0. The zero-order chi connectivity index (χ0) is 24.9. The Labute approximate surface area is 207 Å². The van der Waals surface area contributed by atoms with Crippen LogP contribution in [0.25, 0.3) is 17.2 Å². The Morgan fingerprint density at radius 1 is 1.26 bits per heavy atom. The maximum absolute atomic E-state index is 9.84. The van der Waals surface area contributed by atoms with Gasteiger partial charge < -0.3 is 10.6 Å². The SMILES string of the molecule is CCCN1c2cc(Cl)c(/C=C3\C(C)=C(C#N)c4nc(N)c(C#N)c(C)c43)cc2C(C)CC1(C)C. The summed E-state index contributed by atoms with van der Waals surface area (Å²) in [5, 5.41) is 20.1. The van der Waals surface area contributed by atoms with E-state index in [1.54, 1.807) is 0 Å². The van der Waals surface area contributed by atoms with E-state index in [0.717, 1.165) is 47.2 Å². The first-order valence-electron chi connectivity index (χ1n) is 11.7. The van der Waals surface area contributed by atoms with E-state index in [9.17, 15) is 10.5 Å². The first-order chi connectivity index (χ1) is 16.0. The van der Waals surface area contributed by atoms with Crippen molar-refractivity contribution in [2.45, 2.75) is 65.8 Å². The molecule has 0 bridgehead atoms. The Bertz CT molecular complexity index is 1350. The normalized spacial score (nSPS) is 19.6. The molecule has 174 valence electrons. The van der Waals surface area contributed by atoms with E-state index >= 15 is 0 Å². The molecule has 0 saturated carbocycles. The first kappa shape index (κ1) is 23.9. The minimum absolute atomic E-state index is 0.0631. The van der Waals surface area contributed by atoms with E-state index in [1.807, 2.05) is 19.9 Å². The van der Waals surface area contributed by atoms with Crippen LogP contribution < -0.4 is 10.6 Å². The van der Waals surface area contributed by atoms with Crippen molar-refractivity contribution in [3.05, 3.63) is 56.2 Å². The topological polar surface area (TPSA) is 89.7 Å². The third kappa shape index (κ3) is 3.56. The van der Waals surface area contributed by atoms with Gasteiger partial charge in [-0.05, 0) is 92.5 Å². The van der Waals surface area contributed by atoms with Crippen LogP contribution in [0.3, 0.4) is 0 Å². The predicted octanol–water partition coefficient (Wildman–Crippen LogP) is 6.85. The molecule has 2 aliphatic rings. The molecule has 1 aliphatic carbocycles. The lowest BCUT2D eigenvalue weighted by atomic mass is 9.79. The Hall–Kier alpha value is -3.28. The molecule has 0 radical (unpaired) electrons. The molecule has 5 nitrogen and oxygen atoms in total. The van der Waals surface area contributed by atoms with Gasteiger partial charge in [0.1, 0.15) is 18.0 Å². The van der Waals surface area contributed by atoms with Crippen LogP contribution in [0, 0.1) is 29.6 Å². The number of nitrogens with zero attached hydrogens (tertiary/aromatic N) is 4. The van der Waals surface area contributed by atoms with E-state index < -0.39 is 0 Å². The van der Waals surface area contributed by atoms with Gasteiger partial charge in [-0.2, -0.15) is 10.5 Å². The number of nitrogen functional groups attached to an aromatic ring is 1. The lowest BCUT2D eigenvalue weighted by molar-refractivity contribution is 0.376. The second-order valence-corrected chi connectivity index (χ2v) is 10.4. The summed E-state index contributed by atoms with van der Waals surface area (Å²) in [5.41, 5.74) is 14.1. The molecule has 1 aromatic heterocycles. The van der Waals surface area contributed by atoms with Crippen LogP contribution in [-0.2, 0) is 0 Å². The largest absolute Gasteiger partial charge is 0.383 e. The van der Waals surface area contributed by atoms with Crippen molar-refractivity contribution in [2.24, 2.45) is 0 Å². The summed E-state index contributed by atoms with van der Waals surface area (Å²) in [4.78, 5) is 6.90. The molecular formula is C28H30ClN5. The molecule has 2 heterocycles. The van der Waals surface area contributed by atoms with Crippen LogP contribution in [0.4, 0.5) is 11.5 Å². The number of allylic oxidation sites excluding steroid dienone is 3. The molecule has 0 amide bonds. The highest BCUT2D eigenvalue weighted by molar-refractivity contribution is 6.32. The van der Waals surface area contributed by atoms with Crippen LogP contribution in [0.5, 0.6) is 0 Å². The molecule has 2 N–H and O–H groups in total. The maximum atomic E-state index is 9.84. The quantitative estimate of drug-likeness (QED) is 0.528. The number of hydrogen-bond donors (Lipinski definition) is 1. The molecule has 0 spiro atoms. The van der Waals surface area contributed by atoms with Gasteiger partial charge in [0.05, 0.1) is 16.8 Å². The fourth-order valence-corrected chi connectivity index (χ4v) is 5.84. The van der Waals surface area contributed by atoms with Gasteiger partial charge in [-0.15, -0.1) is 0 Å². The molecule has 0 saturated heterocycles. The number of halogens is 1. The summed E-state index contributed by atoms with van der Waals surface area (Å²) in [7, 11) is 0. The monoisotopic (exact) mass is 471 g/mol. The van der Waals surface area contributed by atoms with Gasteiger partial charge in [0.2, 0.25) is 0 Å². The lowest BCUT2D eigenvalue weighted by Gasteiger charge is -2.47. The Morgan fingerprint density at radius 2 is 1.97 bits per heavy atom. The van der Waals surface area contributed by atoms with Crippen LogP contribution >= 0.6 is 11.6 Å². The van der Waals surface area contributed by atoms with Crippen LogP contribution in [0.1, 0.15) is 86.9 Å². The van der Waals surface area contributed by atoms with E-state index in [0.29, 0.717) is 27.8 Å². The van der Waals surface area contributed by atoms with E-state index in [1.165, 1.54) is 11.3 Å². The van der Waals surface area contributed by atoms with E-state index in [-0.39, 0.29) is 11.4 Å². The van der Waals surface area contributed by atoms with Gasteiger partial charge in [0.25, 0.3) is 0 Å². The number of anilines is 2. The summed E-state index contributed by atoms with van der Waals surface area (Å²) in [6, 6.07) is 8.72. The predicted molar refractivity (Wildman–Crippen MR) is 140 cm³/mol. The molecule has 1 aliphatic heterocycles. The van der Waals surface area contributed by atoms with Crippen molar-refractivity contribution in [3.8, 4) is 12.1 Å². The minimum Gasteiger partial charge on any atom is -0.383 e. The van der Waals surface area contributed by atoms with Gasteiger partial charge in [0, 0.05) is 28.4 Å². The van der Waals surface area contributed by atoms with Gasteiger partial charge in [-0.25, -0.2) is 4.98 Å². The van der Waals surface area contributed by atoms with Crippen molar-refractivity contribution in [1.29, 1.82) is 10.5 Å². The Kier molecular flexibility index (Phi) is 5.96. The van der Waals surface area contributed by atoms with E-state index in [4.69, 9.17) is 17.3 Å². The van der Waals surface area contributed by atoms with Crippen molar-refractivity contribution in [2.75, 3.05) is 17.2 Å². The number of hydrogen-bond acceptors (Lipinski definition) is 5. The second-order valence-electron chi connectivity index (χ2n) is 10.0. The van der Waals surface area contributed by atoms with Crippen molar-refractivity contribution in [1.82, 2.24) is 4.98 Å². The first-order valence-corrected chi connectivity index (χ1v) is 12.1. The van der Waals surface area contributed by atoms with Crippen molar-refractivity contribution >= 4 is 40.3 Å². The molecule has 4 rings (SSSR count). The second kappa shape index (κ2) is 8.49. The highest BCUT2D eigenvalue weighted by atomic mass is 35.5. The summed E-state index contributed by atoms with van der Waals surface area (Å²) in [6.45, 7) is 13.8. The fourth-order valence-electron chi connectivity index (χ4n) is 5.63. The Morgan fingerprint density at radius 3 is 2.59 bits per heavy atom. The number of nitrogens with two attached hydrogens (primary N) is 1. The number of fused-ring (bicyclic) bond motifs is 2. The minimum atomic E-state index is 0.0631. The molecule has 1 atom stereocenters. The molecule has 1 aromatic carbocycles. The number of benzene rings is 1. The summed E-state index contributed by atoms with van der Waals surface area (Å²) >= 11 is 6.87. The molecule has 0 fully saturated rings. The third-order valence-corrected chi connectivity index (χ3v) is 7.56. The van der Waals surface area contributed by atoms with Crippen molar-refractivity contribution in [3.63, 3.8) is 0 Å². The average molecular weight is 472 g/mol. The highest BCUT2D eigenvalue weighted by Gasteiger charge is 2.36. The average Bonchev–Trinajstić information content (AvgIpc) is 3.02. The van der Waals surface area contributed by atoms with Crippen LogP contribution in [-0.4, -0.2) is 17.1 Å². The number of rotatable bonds is 3. The van der Waals surface area contributed by atoms with Gasteiger partial charge >= 0.3 is 0 Å². The van der Waals surface area contributed by atoms with Crippen LogP contribution in [0.15, 0.2) is 17.7 Å². The zero-order valence-electron chi connectivity index (χ0n) is 20.7. The highest BCUT2D eigenvalue weighted by Crippen LogP contribution is 2.48. The maximum Gasteiger partial charge on any atom is 0.142 e. The number of aromatic nitrogens is 1. The smallest absolute Gasteiger partial charge is 0.142 e. The molecule has 34 heavy (non-hydrogen) atoms. The Balaban J connectivity index is 1.94. The van der Waals surface area contributed by atoms with E-state index in [2.05, 4.69) is 61.9 Å². The van der Waals surface area contributed by atoms with Crippen molar-refractivity contribution < 1.29 is 0 Å².